The monoisotopic (exact) mass is 283 g/mol. The van der Waals surface area contributed by atoms with Crippen LogP contribution in [0, 0.1) is 0 Å². The molecule has 0 spiro atoms. The Bertz CT molecular complexity index is 407. The van der Waals surface area contributed by atoms with Crippen molar-refractivity contribution >= 4 is 17.4 Å². The minimum Gasteiger partial charge on any atom is -0.377 e. The summed E-state index contributed by atoms with van der Waals surface area (Å²) in [5, 5.41) is 0.601. The van der Waals surface area contributed by atoms with E-state index in [-0.39, 0.29) is 11.9 Å². The number of Topliss-reactive ketones (excluding diaryl/α,β-unsaturated/α-hetero) is 1. The number of ketones is 1. The summed E-state index contributed by atoms with van der Waals surface area (Å²) >= 11 is 5.87. The number of rotatable bonds is 8. The number of carbonyl (C=O) groups excluding carboxylic acids is 1. The third kappa shape index (κ3) is 6.71. The fourth-order valence-corrected chi connectivity index (χ4v) is 1.85. The standard InChI is InChI=1S/C15H22ClNO2/c1-12(2)19-10-9-17(3)8-7-15(18)13-5-4-6-14(16)11-13/h4-6,11-12H,7-10H2,1-3H3. The summed E-state index contributed by atoms with van der Waals surface area (Å²) < 4.78 is 5.48. The normalized spacial score (nSPS) is 11.3. The number of ether oxygens (including phenoxy) is 1. The maximum Gasteiger partial charge on any atom is 0.164 e. The highest BCUT2D eigenvalue weighted by molar-refractivity contribution is 6.31. The van der Waals surface area contributed by atoms with E-state index in [2.05, 4.69) is 4.90 Å². The number of likely N-dealkylation sites (N-methyl/N-ethyl adjacent to an activating group) is 1. The third-order valence-electron chi connectivity index (χ3n) is 2.79. The summed E-state index contributed by atoms with van der Waals surface area (Å²) in [5.74, 6) is 0.124. The van der Waals surface area contributed by atoms with Gasteiger partial charge >= 0.3 is 0 Å². The minimum atomic E-state index is 0.124. The fourth-order valence-electron chi connectivity index (χ4n) is 1.65. The Hall–Kier alpha value is -0.900. The molecular weight excluding hydrogens is 262 g/mol. The van der Waals surface area contributed by atoms with Gasteiger partial charge in [-0.25, -0.2) is 0 Å². The molecule has 0 aliphatic carbocycles. The van der Waals surface area contributed by atoms with Gasteiger partial charge in [0, 0.05) is 30.1 Å². The van der Waals surface area contributed by atoms with E-state index in [1.165, 1.54) is 0 Å². The molecule has 0 aromatic heterocycles. The lowest BCUT2D eigenvalue weighted by Gasteiger charge is -2.17. The second kappa shape index (κ2) is 8.31. The molecule has 1 aromatic carbocycles. The molecule has 106 valence electrons. The van der Waals surface area contributed by atoms with Crippen molar-refractivity contribution in [1.82, 2.24) is 4.90 Å². The van der Waals surface area contributed by atoms with Crippen molar-refractivity contribution in [1.29, 1.82) is 0 Å². The van der Waals surface area contributed by atoms with Gasteiger partial charge in [0.25, 0.3) is 0 Å². The Morgan fingerprint density at radius 2 is 2.11 bits per heavy atom. The second-order valence-corrected chi connectivity index (χ2v) is 5.34. The number of halogens is 1. The lowest BCUT2D eigenvalue weighted by molar-refractivity contribution is 0.0629. The van der Waals surface area contributed by atoms with Crippen LogP contribution in [0.2, 0.25) is 5.02 Å². The van der Waals surface area contributed by atoms with Crippen molar-refractivity contribution in [3.63, 3.8) is 0 Å². The largest absolute Gasteiger partial charge is 0.377 e. The van der Waals surface area contributed by atoms with Gasteiger partial charge in [0.2, 0.25) is 0 Å². The molecule has 0 N–H and O–H groups in total. The molecule has 0 aliphatic rings. The predicted molar refractivity (Wildman–Crippen MR) is 79.0 cm³/mol. The zero-order chi connectivity index (χ0) is 14.3. The van der Waals surface area contributed by atoms with E-state index in [0.29, 0.717) is 23.6 Å². The SMILES string of the molecule is CC(C)OCCN(C)CCC(=O)c1cccc(Cl)c1. The molecule has 0 amide bonds. The molecule has 0 bridgehead atoms. The van der Waals surface area contributed by atoms with Crippen LogP contribution in [0.15, 0.2) is 24.3 Å². The lowest BCUT2D eigenvalue weighted by atomic mass is 10.1. The van der Waals surface area contributed by atoms with Gasteiger partial charge in [0.1, 0.15) is 0 Å². The lowest BCUT2D eigenvalue weighted by Crippen LogP contribution is -2.26. The van der Waals surface area contributed by atoms with Crippen molar-refractivity contribution in [2.45, 2.75) is 26.4 Å². The summed E-state index contributed by atoms with van der Waals surface area (Å²) in [7, 11) is 1.99. The first-order valence-electron chi connectivity index (χ1n) is 6.58. The Labute approximate surface area is 120 Å². The molecule has 4 heteroatoms. The van der Waals surface area contributed by atoms with Crippen molar-refractivity contribution < 1.29 is 9.53 Å². The fraction of sp³-hybridized carbons (Fsp3) is 0.533. The van der Waals surface area contributed by atoms with Crippen LogP contribution in [0.1, 0.15) is 30.6 Å². The Morgan fingerprint density at radius 1 is 1.37 bits per heavy atom. The topological polar surface area (TPSA) is 29.5 Å². The van der Waals surface area contributed by atoms with Gasteiger partial charge in [-0.3, -0.25) is 4.79 Å². The molecule has 19 heavy (non-hydrogen) atoms. The quantitative estimate of drug-likeness (QED) is 0.686. The van der Waals surface area contributed by atoms with Gasteiger partial charge in [-0.05, 0) is 33.0 Å². The first-order chi connectivity index (χ1) is 8.99. The highest BCUT2D eigenvalue weighted by Gasteiger charge is 2.08. The van der Waals surface area contributed by atoms with E-state index < -0.39 is 0 Å². The van der Waals surface area contributed by atoms with Crippen molar-refractivity contribution in [3.05, 3.63) is 34.9 Å². The van der Waals surface area contributed by atoms with E-state index in [1.54, 1.807) is 24.3 Å². The van der Waals surface area contributed by atoms with E-state index in [0.717, 1.165) is 13.1 Å². The summed E-state index contributed by atoms with van der Waals surface area (Å²) in [6.45, 7) is 6.29. The van der Waals surface area contributed by atoms with Gasteiger partial charge in [-0.2, -0.15) is 0 Å². The maximum atomic E-state index is 12.0. The maximum absolute atomic E-state index is 12.0. The summed E-state index contributed by atoms with van der Waals surface area (Å²) in [5.41, 5.74) is 0.680. The average molecular weight is 284 g/mol. The van der Waals surface area contributed by atoms with Crippen molar-refractivity contribution in [2.24, 2.45) is 0 Å². The van der Waals surface area contributed by atoms with Crippen LogP contribution >= 0.6 is 11.6 Å². The van der Waals surface area contributed by atoms with Crippen molar-refractivity contribution in [2.75, 3.05) is 26.7 Å². The average Bonchev–Trinajstić information content (AvgIpc) is 2.35. The predicted octanol–water partition coefficient (Wildman–Crippen LogP) is 3.27. The van der Waals surface area contributed by atoms with Crippen LogP contribution in [0.25, 0.3) is 0 Å². The molecule has 0 heterocycles. The van der Waals surface area contributed by atoms with E-state index >= 15 is 0 Å². The van der Waals surface area contributed by atoms with Crippen LogP contribution in [0.5, 0.6) is 0 Å². The molecule has 0 atom stereocenters. The second-order valence-electron chi connectivity index (χ2n) is 4.91. The Kier molecular flexibility index (Phi) is 7.06. The third-order valence-corrected chi connectivity index (χ3v) is 3.03. The number of benzene rings is 1. The van der Waals surface area contributed by atoms with Gasteiger partial charge in [-0.15, -0.1) is 0 Å². The van der Waals surface area contributed by atoms with Gasteiger partial charge in [-0.1, -0.05) is 23.7 Å². The number of hydrogen-bond acceptors (Lipinski definition) is 3. The van der Waals surface area contributed by atoms with Crippen LogP contribution < -0.4 is 0 Å². The number of nitrogens with zero attached hydrogens (tertiary/aromatic N) is 1. The minimum absolute atomic E-state index is 0.124. The van der Waals surface area contributed by atoms with Gasteiger partial charge < -0.3 is 9.64 Å². The highest BCUT2D eigenvalue weighted by Crippen LogP contribution is 2.12. The number of carbonyl (C=O) groups is 1. The molecule has 0 unspecified atom stereocenters. The van der Waals surface area contributed by atoms with Crippen LogP contribution in [0.3, 0.4) is 0 Å². The first-order valence-corrected chi connectivity index (χ1v) is 6.95. The molecule has 0 saturated heterocycles. The highest BCUT2D eigenvalue weighted by atomic mass is 35.5. The first kappa shape index (κ1) is 16.2. The van der Waals surface area contributed by atoms with Crippen LogP contribution in [0.4, 0.5) is 0 Å². The van der Waals surface area contributed by atoms with E-state index in [4.69, 9.17) is 16.3 Å². The zero-order valence-electron chi connectivity index (χ0n) is 11.9. The molecule has 3 nitrogen and oxygen atoms in total. The van der Waals surface area contributed by atoms with Crippen LogP contribution in [-0.2, 0) is 4.74 Å². The van der Waals surface area contributed by atoms with E-state index in [9.17, 15) is 4.79 Å². The smallest absolute Gasteiger partial charge is 0.164 e. The van der Waals surface area contributed by atoms with E-state index in [1.807, 2.05) is 20.9 Å². The number of hydrogen-bond donors (Lipinski definition) is 0. The Balaban J connectivity index is 2.30. The Morgan fingerprint density at radius 3 is 2.74 bits per heavy atom. The molecule has 0 saturated carbocycles. The summed E-state index contributed by atoms with van der Waals surface area (Å²) in [4.78, 5) is 14.1. The molecule has 1 aromatic rings. The summed E-state index contributed by atoms with van der Waals surface area (Å²) in [6.07, 6.45) is 0.750. The molecule has 1 rings (SSSR count). The molecule has 0 radical (unpaired) electrons. The molecule has 0 aliphatic heterocycles. The molecular formula is C15H22ClNO2. The zero-order valence-corrected chi connectivity index (χ0v) is 12.6. The van der Waals surface area contributed by atoms with Crippen molar-refractivity contribution in [3.8, 4) is 0 Å². The summed E-state index contributed by atoms with van der Waals surface area (Å²) in [6, 6.07) is 7.09. The molecule has 0 fully saturated rings. The van der Waals surface area contributed by atoms with Crippen LogP contribution in [-0.4, -0.2) is 43.5 Å². The van der Waals surface area contributed by atoms with Gasteiger partial charge in [0.15, 0.2) is 5.78 Å². The van der Waals surface area contributed by atoms with Gasteiger partial charge in [0.05, 0.1) is 12.7 Å².